The van der Waals surface area contributed by atoms with E-state index in [1.54, 1.807) is 6.07 Å². The Morgan fingerprint density at radius 1 is 1.24 bits per heavy atom. The number of para-hydroxylation sites is 1. The Balaban J connectivity index is 1.85. The van der Waals surface area contributed by atoms with Gasteiger partial charge in [0.15, 0.2) is 0 Å². The second kappa shape index (κ2) is 6.24. The normalized spacial score (nSPS) is 18.1. The molecule has 3 rings (SSSR count). The Labute approximate surface area is 134 Å². The monoisotopic (exact) mass is 322 g/mol. The average Bonchev–Trinajstić information content (AvgIpc) is 2.92. The molecule has 1 aliphatic heterocycles. The number of fused-ring (bicyclic) bond motifs is 1. The van der Waals surface area contributed by atoms with Crippen molar-refractivity contribution in [2.24, 2.45) is 5.84 Å². The summed E-state index contributed by atoms with van der Waals surface area (Å²) in [6, 6.07) is 13.6. The maximum atomic E-state index is 6.25. The summed E-state index contributed by atoms with van der Waals surface area (Å²) in [6.45, 7) is 0.617. The molecule has 0 spiro atoms. The number of halogens is 2. The highest BCUT2D eigenvalue weighted by Gasteiger charge is 2.31. The number of hydrazine groups is 1. The summed E-state index contributed by atoms with van der Waals surface area (Å²) >= 11 is 12.3. The lowest BCUT2D eigenvalue weighted by Gasteiger charge is -2.22. The first-order valence-electron chi connectivity index (χ1n) is 6.81. The van der Waals surface area contributed by atoms with Gasteiger partial charge in [-0.15, -0.1) is 0 Å². The van der Waals surface area contributed by atoms with Gasteiger partial charge in [0.1, 0.15) is 5.75 Å². The highest BCUT2D eigenvalue weighted by molar-refractivity contribution is 6.33. The Morgan fingerprint density at radius 2 is 2.05 bits per heavy atom. The Bertz CT molecular complexity index is 648. The summed E-state index contributed by atoms with van der Waals surface area (Å²) in [6.07, 6.45) is 0.693. The largest absolute Gasteiger partial charge is 0.493 e. The van der Waals surface area contributed by atoms with Crippen molar-refractivity contribution in [3.63, 3.8) is 0 Å². The molecule has 0 fully saturated rings. The van der Waals surface area contributed by atoms with E-state index in [9.17, 15) is 0 Å². The van der Waals surface area contributed by atoms with Gasteiger partial charge in [0, 0.05) is 27.6 Å². The molecule has 3 N–H and O–H groups in total. The van der Waals surface area contributed by atoms with E-state index in [4.69, 9.17) is 33.8 Å². The number of nitrogens with two attached hydrogens (primary N) is 1. The molecule has 0 aliphatic carbocycles. The van der Waals surface area contributed by atoms with Crippen LogP contribution in [0, 0.1) is 0 Å². The van der Waals surface area contributed by atoms with Gasteiger partial charge in [-0.25, -0.2) is 0 Å². The zero-order chi connectivity index (χ0) is 14.8. The van der Waals surface area contributed by atoms with Gasteiger partial charge in [0.25, 0.3) is 0 Å². The fourth-order valence-electron chi connectivity index (χ4n) is 2.77. The van der Waals surface area contributed by atoms with Crippen LogP contribution in [0.15, 0.2) is 42.5 Å². The van der Waals surface area contributed by atoms with Gasteiger partial charge in [-0.05, 0) is 36.2 Å². The first-order chi connectivity index (χ1) is 10.2. The van der Waals surface area contributed by atoms with Crippen molar-refractivity contribution in [3.05, 3.63) is 63.6 Å². The van der Waals surface area contributed by atoms with Gasteiger partial charge in [-0.2, -0.15) is 0 Å². The second-order valence-electron chi connectivity index (χ2n) is 5.17. The van der Waals surface area contributed by atoms with Crippen LogP contribution in [0.2, 0.25) is 10.0 Å². The number of rotatable bonds is 4. The van der Waals surface area contributed by atoms with E-state index in [0.717, 1.165) is 11.3 Å². The van der Waals surface area contributed by atoms with Gasteiger partial charge in [-0.1, -0.05) is 41.4 Å². The molecule has 2 aromatic carbocycles. The fraction of sp³-hybridized carbons (Fsp3) is 0.250. The number of nitrogens with one attached hydrogen (secondary N) is 1. The zero-order valence-corrected chi connectivity index (χ0v) is 12.9. The highest BCUT2D eigenvalue weighted by Crippen LogP contribution is 2.36. The molecule has 0 bridgehead atoms. The quantitative estimate of drug-likeness (QED) is 0.668. The SMILES string of the molecule is NNC(Cc1cc(Cl)ccc1Cl)C1COc2ccccc21. The molecule has 0 saturated carbocycles. The van der Waals surface area contributed by atoms with Crippen LogP contribution in [-0.2, 0) is 6.42 Å². The zero-order valence-electron chi connectivity index (χ0n) is 11.4. The smallest absolute Gasteiger partial charge is 0.122 e. The molecule has 0 aromatic heterocycles. The van der Waals surface area contributed by atoms with Gasteiger partial charge < -0.3 is 4.74 Å². The first-order valence-corrected chi connectivity index (χ1v) is 7.56. The summed E-state index contributed by atoms with van der Waals surface area (Å²) < 4.78 is 5.73. The van der Waals surface area contributed by atoms with Crippen molar-refractivity contribution in [2.45, 2.75) is 18.4 Å². The number of hydrogen-bond acceptors (Lipinski definition) is 3. The molecule has 2 atom stereocenters. The van der Waals surface area contributed by atoms with Crippen LogP contribution in [-0.4, -0.2) is 12.6 Å². The van der Waals surface area contributed by atoms with Crippen LogP contribution in [0.5, 0.6) is 5.75 Å². The van der Waals surface area contributed by atoms with E-state index >= 15 is 0 Å². The molecule has 0 amide bonds. The van der Waals surface area contributed by atoms with E-state index in [2.05, 4.69) is 11.5 Å². The van der Waals surface area contributed by atoms with Crippen LogP contribution >= 0.6 is 23.2 Å². The van der Waals surface area contributed by atoms with Crippen molar-refractivity contribution in [2.75, 3.05) is 6.61 Å². The maximum Gasteiger partial charge on any atom is 0.122 e. The van der Waals surface area contributed by atoms with Crippen LogP contribution in [0.1, 0.15) is 17.0 Å². The van der Waals surface area contributed by atoms with Gasteiger partial charge in [0.05, 0.1) is 6.61 Å². The molecule has 0 radical (unpaired) electrons. The maximum absolute atomic E-state index is 6.25. The minimum Gasteiger partial charge on any atom is -0.493 e. The van der Waals surface area contributed by atoms with Crippen molar-refractivity contribution < 1.29 is 4.74 Å². The van der Waals surface area contributed by atoms with Crippen molar-refractivity contribution in [1.82, 2.24) is 5.43 Å². The van der Waals surface area contributed by atoms with E-state index in [1.165, 1.54) is 5.56 Å². The van der Waals surface area contributed by atoms with Crippen LogP contribution in [0.25, 0.3) is 0 Å². The third-order valence-electron chi connectivity index (χ3n) is 3.88. The minimum atomic E-state index is 0.0321. The molecular weight excluding hydrogens is 307 g/mol. The highest BCUT2D eigenvalue weighted by atomic mass is 35.5. The molecule has 21 heavy (non-hydrogen) atoms. The predicted molar refractivity (Wildman–Crippen MR) is 86.0 cm³/mol. The lowest BCUT2D eigenvalue weighted by molar-refractivity contribution is 0.297. The molecule has 2 unspecified atom stereocenters. The Morgan fingerprint density at radius 3 is 2.86 bits per heavy atom. The van der Waals surface area contributed by atoms with E-state index in [1.807, 2.05) is 30.3 Å². The minimum absolute atomic E-state index is 0.0321. The van der Waals surface area contributed by atoms with Crippen LogP contribution in [0.4, 0.5) is 0 Å². The molecule has 110 valence electrons. The van der Waals surface area contributed by atoms with Gasteiger partial charge in [0.2, 0.25) is 0 Å². The summed E-state index contributed by atoms with van der Waals surface area (Å²) in [4.78, 5) is 0. The summed E-state index contributed by atoms with van der Waals surface area (Å²) in [5, 5.41) is 1.38. The van der Waals surface area contributed by atoms with Gasteiger partial charge >= 0.3 is 0 Å². The third kappa shape index (κ3) is 3.01. The number of benzene rings is 2. The molecule has 0 saturated heterocycles. The summed E-state index contributed by atoms with van der Waals surface area (Å²) in [5.41, 5.74) is 5.06. The standard InChI is InChI=1S/C16H16Cl2N2O/c17-11-5-6-14(18)10(7-11)8-15(20-19)13-9-21-16-4-2-1-3-12(13)16/h1-7,13,15,20H,8-9,19H2. The average molecular weight is 323 g/mol. The first kappa shape index (κ1) is 14.7. The molecular formula is C16H16Cl2N2O. The molecule has 1 heterocycles. The molecule has 2 aromatic rings. The van der Waals surface area contributed by atoms with E-state index in [-0.39, 0.29) is 12.0 Å². The number of hydrogen-bond donors (Lipinski definition) is 2. The Kier molecular flexibility index (Phi) is 4.36. The summed E-state index contributed by atoms with van der Waals surface area (Å²) in [7, 11) is 0. The second-order valence-corrected chi connectivity index (χ2v) is 6.01. The van der Waals surface area contributed by atoms with Crippen molar-refractivity contribution in [3.8, 4) is 5.75 Å². The predicted octanol–water partition coefficient (Wildman–Crippen LogP) is 3.54. The van der Waals surface area contributed by atoms with Crippen molar-refractivity contribution in [1.29, 1.82) is 0 Å². The van der Waals surface area contributed by atoms with Gasteiger partial charge in [-0.3, -0.25) is 11.3 Å². The summed E-state index contributed by atoms with van der Waals surface area (Å²) in [5.74, 6) is 6.89. The lowest BCUT2D eigenvalue weighted by Crippen LogP contribution is -2.42. The van der Waals surface area contributed by atoms with Crippen molar-refractivity contribution >= 4 is 23.2 Å². The van der Waals surface area contributed by atoms with E-state index in [0.29, 0.717) is 23.1 Å². The third-order valence-corrected chi connectivity index (χ3v) is 4.49. The molecule has 3 nitrogen and oxygen atoms in total. The molecule has 1 aliphatic rings. The van der Waals surface area contributed by atoms with Crippen LogP contribution in [0.3, 0.4) is 0 Å². The van der Waals surface area contributed by atoms with Crippen LogP contribution < -0.4 is 16.0 Å². The molecule has 5 heteroatoms. The Hall–Kier alpha value is -1.26. The topological polar surface area (TPSA) is 47.3 Å². The number of ether oxygens (including phenoxy) is 1. The lowest BCUT2D eigenvalue weighted by atomic mass is 9.89. The fourth-order valence-corrected chi connectivity index (χ4v) is 3.16. The van der Waals surface area contributed by atoms with E-state index < -0.39 is 0 Å².